The van der Waals surface area contributed by atoms with Gasteiger partial charge in [0.25, 0.3) is 0 Å². The normalized spacial score (nSPS) is 30.2. The zero-order valence-electron chi connectivity index (χ0n) is 9.13. The second kappa shape index (κ2) is 3.86. The topological polar surface area (TPSA) is 88.2 Å². The minimum atomic E-state index is -0.965. The Hall–Kier alpha value is -1.43. The summed E-state index contributed by atoms with van der Waals surface area (Å²) in [6.07, 6.45) is 3.10. The molecule has 0 aliphatic heterocycles. The highest BCUT2D eigenvalue weighted by Crippen LogP contribution is 2.38. The number of carboxylic acids is 1. The number of rotatable bonds is 2. The Bertz CT molecular complexity index is 394. The molecule has 1 aromatic rings. The van der Waals surface area contributed by atoms with Crippen LogP contribution in [-0.2, 0) is 17.3 Å². The molecule has 0 saturated heterocycles. The summed E-state index contributed by atoms with van der Waals surface area (Å²) in [7, 11) is 1.71. The van der Waals surface area contributed by atoms with E-state index in [9.17, 15) is 15.0 Å². The first-order chi connectivity index (χ1) is 7.54. The van der Waals surface area contributed by atoms with Crippen LogP contribution in [0.4, 0.5) is 0 Å². The van der Waals surface area contributed by atoms with Crippen molar-refractivity contribution in [1.82, 2.24) is 15.0 Å². The Morgan fingerprint density at radius 2 is 2.19 bits per heavy atom. The quantitative estimate of drug-likeness (QED) is 0.743. The second-order valence-electron chi connectivity index (χ2n) is 4.40. The molecule has 1 aliphatic rings. The molecular weight excluding hydrogens is 210 g/mol. The molecule has 6 heteroatoms. The van der Waals surface area contributed by atoms with Crippen molar-refractivity contribution in [3.05, 3.63) is 11.9 Å². The van der Waals surface area contributed by atoms with E-state index in [2.05, 4.69) is 10.3 Å². The fourth-order valence-corrected chi connectivity index (χ4v) is 2.24. The lowest BCUT2D eigenvalue weighted by atomic mass is 9.71. The summed E-state index contributed by atoms with van der Waals surface area (Å²) in [5.74, 6) is -0.875. The van der Waals surface area contributed by atoms with Crippen molar-refractivity contribution >= 4 is 5.97 Å². The van der Waals surface area contributed by atoms with Crippen LogP contribution >= 0.6 is 0 Å². The SMILES string of the molecule is Cn1cc(C2(C(=O)O)CCC(O)CC2)nn1. The minimum absolute atomic E-state index is 0.385. The van der Waals surface area contributed by atoms with Crippen molar-refractivity contribution < 1.29 is 15.0 Å². The van der Waals surface area contributed by atoms with E-state index in [1.807, 2.05) is 0 Å². The number of aliphatic carboxylic acids is 1. The molecule has 2 rings (SSSR count). The number of aliphatic hydroxyl groups is 1. The van der Waals surface area contributed by atoms with Gasteiger partial charge in [-0.25, -0.2) is 0 Å². The fraction of sp³-hybridized carbons (Fsp3) is 0.700. The highest BCUT2D eigenvalue weighted by molar-refractivity contribution is 5.80. The van der Waals surface area contributed by atoms with Crippen LogP contribution in [0.3, 0.4) is 0 Å². The highest BCUT2D eigenvalue weighted by atomic mass is 16.4. The van der Waals surface area contributed by atoms with Crippen LogP contribution in [0.25, 0.3) is 0 Å². The van der Waals surface area contributed by atoms with Gasteiger partial charge >= 0.3 is 5.97 Å². The van der Waals surface area contributed by atoms with Crippen molar-refractivity contribution in [3.63, 3.8) is 0 Å². The average Bonchev–Trinajstić information content (AvgIpc) is 2.66. The van der Waals surface area contributed by atoms with E-state index in [-0.39, 0.29) is 6.10 Å². The molecular formula is C10H15N3O3. The number of carbonyl (C=O) groups is 1. The number of carboxylic acid groups (broad SMARTS) is 1. The Morgan fingerprint density at radius 1 is 1.56 bits per heavy atom. The lowest BCUT2D eigenvalue weighted by Crippen LogP contribution is -2.41. The standard InChI is InChI=1S/C10H15N3O3/c1-13-6-8(11-12-13)10(9(15)16)4-2-7(14)3-5-10/h6-7,14H,2-5H2,1H3,(H,15,16). The molecule has 0 unspecified atom stereocenters. The summed E-state index contributed by atoms with van der Waals surface area (Å²) in [4.78, 5) is 11.4. The van der Waals surface area contributed by atoms with Gasteiger partial charge in [-0.15, -0.1) is 5.10 Å². The third kappa shape index (κ3) is 1.69. The largest absolute Gasteiger partial charge is 0.481 e. The van der Waals surface area contributed by atoms with E-state index >= 15 is 0 Å². The van der Waals surface area contributed by atoms with Gasteiger partial charge in [0.2, 0.25) is 0 Å². The molecule has 0 spiro atoms. The zero-order valence-corrected chi connectivity index (χ0v) is 9.13. The van der Waals surface area contributed by atoms with Crippen LogP contribution in [0, 0.1) is 0 Å². The predicted molar refractivity (Wildman–Crippen MR) is 54.8 cm³/mol. The minimum Gasteiger partial charge on any atom is -0.481 e. The van der Waals surface area contributed by atoms with Crippen LogP contribution in [0.1, 0.15) is 31.4 Å². The van der Waals surface area contributed by atoms with Crippen LogP contribution < -0.4 is 0 Å². The third-order valence-corrected chi connectivity index (χ3v) is 3.31. The Labute approximate surface area is 92.9 Å². The van der Waals surface area contributed by atoms with Crippen LogP contribution in [0.15, 0.2) is 6.20 Å². The molecule has 88 valence electrons. The van der Waals surface area contributed by atoms with Crippen molar-refractivity contribution in [2.24, 2.45) is 7.05 Å². The number of hydrogen-bond acceptors (Lipinski definition) is 4. The monoisotopic (exact) mass is 225 g/mol. The van der Waals surface area contributed by atoms with E-state index in [1.54, 1.807) is 13.2 Å². The molecule has 0 bridgehead atoms. The van der Waals surface area contributed by atoms with Crippen molar-refractivity contribution in [1.29, 1.82) is 0 Å². The Kier molecular flexibility index (Phi) is 2.67. The number of aryl methyl sites for hydroxylation is 1. The number of aliphatic hydroxyl groups excluding tert-OH is 1. The summed E-state index contributed by atoms with van der Waals surface area (Å²) in [5, 5.41) is 26.5. The highest BCUT2D eigenvalue weighted by Gasteiger charge is 2.45. The molecule has 1 aromatic heterocycles. The van der Waals surface area contributed by atoms with Gasteiger partial charge in [-0.2, -0.15) is 0 Å². The molecule has 2 N–H and O–H groups in total. The van der Waals surface area contributed by atoms with Gasteiger partial charge < -0.3 is 10.2 Å². The first-order valence-electron chi connectivity index (χ1n) is 5.33. The molecule has 0 atom stereocenters. The zero-order chi connectivity index (χ0) is 11.8. The Balaban J connectivity index is 2.33. The number of nitrogens with zero attached hydrogens (tertiary/aromatic N) is 3. The van der Waals surface area contributed by atoms with Gasteiger partial charge in [-0.05, 0) is 25.7 Å². The van der Waals surface area contributed by atoms with Crippen molar-refractivity contribution in [2.75, 3.05) is 0 Å². The summed E-state index contributed by atoms with van der Waals surface area (Å²) in [6.45, 7) is 0. The molecule has 1 aliphatic carbocycles. The van der Waals surface area contributed by atoms with Gasteiger partial charge in [0.05, 0.1) is 11.8 Å². The predicted octanol–water partition coefficient (Wildman–Crippen LogP) is 0.0724. The first-order valence-corrected chi connectivity index (χ1v) is 5.33. The lowest BCUT2D eigenvalue weighted by Gasteiger charge is -2.33. The maximum atomic E-state index is 11.4. The van der Waals surface area contributed by atoms with Gasteiger partial charge in [-0.3, -0.25) is 9.48 Å². The smallest absolute Gasteiger partial charge is 0.315 e. The molecule has 0 amide bonds. The molecule has 1 fully saturated rings. The second-order valence-corrected chi connectivity index (χ2v) is 4.40. The molecule has 1 saturated carbocycles. The Morgan fingerprint density at radius 3 is 2.62 bits per heavy atom. The molecule has 16 heavy (non-hydrogen) atoms. The van der Waals surface area contributed by atoms with Gasteiger partial charge in [-0.1, -0.05) is 5.21 Å². The van der Waals surface area contributed by atoms with E-state index in [0.29, 0.717) is 31.4 Å². The van der Waals surface area contributed by atoms with Crippen LogP contribution in [-0.4, -0.2) is 37.3 Å². The van der Waals surface area contributed by atoms with Crippen LogP contribution in [0.2, 0.25) is 0 Å². The summed E-state index contributed by atoms with van der Waals surface area (Å²) < 4.78 is 1.51. The summed E-state index contributed by atoms with van der Waals surface area (Å²) in [6, 6.07) is 0. The lowest BCUT2D eigenvalue weighted by molar-refractivity contribution is -0.146. The molecule has 6 nitrogen and oxygen atoms in total. The van der Waals surface area contributed by atoms with E-state index < -0.39 is 11.4 Å². The van der Waals surface area contributed by atoms with Gasteiger partial charge in [0, 0.05) is 13.2 Å². The summed E-state index contributed by atoms with van der Waals surface area (Å²) >= 11 is 0. The third-order valence-electron chi connectivity index (χ3n) is 3.31. The van der Waals surface area contributed by atoms with Gasteiger partial charge in [0.1, 0.15) is 5.41 Å². The van der Waals surface area contributed by atoms with E-state index in [4.69, 9.17) is 0 Å². The summed E-state index contributed by atoms with van der Waals surface area (Å²) in [5.41, 5.74) is -0.470. The van der Waals surface area contributed by atoms with Crippen molar-refractivity contribution in [2.45, 2.75) is 37.2 Å². The molecule has 0 aromatic carbocycles. The number of aromatic nitrogens is 3. The van der Waals surface area contributed by atoms with Crippen molar-refractivity contribution in [3.8, 4) is 0 Å². The first kappa shape index (κ1) is 11.1. The van der Waals surface area contributed by atoms with Gasteiger partial charge in [0.15, 0.2) is 0 Å². The fourth-order valence-electron chi connectivity index (χ4n) is 2.24. The van der Waals surface area contributed by atoms with E-state index in [0.717, 1.165) is 0 Å². The maximum Gasteiger partial charge on any atom is 0.315 e. The maximum absolute atomic E-state index is 11.4. The van der Waals surface area contributed by atoms with E-state index in [1.165, 1.54) is 4.68 Å². The van der Waals surface area contributed by atoms with Crippen LogP contribution in [0.5, 0.6) is 0 Å². The molecule has 1 heterocycles. The molecule has 0 radical (unpaired) electrons. The number of hydrogen-bond donors (Lipinski definition) is 2. The average molecular weight is 225 g/mol.